The molecule has 9 heteroatoms. The fourth-order valence-electron chi connectivity index (χ4n) is 1.50. The molecule has 0 aliphatic rings. The number of hydrogen-bond donors (Lipinski definition) is 3. The lowest BCUT2D eigenvalue weighted by atomic mass is 10.2. The highest BCUT2D eigenvalue weighted by atomic mass is 31.2. The SMILES string of the molecule is CCCCCN(C)C(O)CCOP(=O)(O)C[PH](=O)O. The predicted octanol–water partition coefficient (Wildman–Crippen LogP) is 1.44. The second-order valence-electron chi connectivity index (χ2n) is 4.48. The lowest BCUT2D eigenvalue weighted by molar-refractivity contribution is 0.00484. The summed E-state index contributed by atoms with van der Waals surface area (Å²) < 4.78 is 26.4. The van der Waals surface area contributed by atoms with Crippen LogP contribution in [0.4, 0.5) is 0 Å². The van der Waals surface area contributed by atoms with Crippen molar-refractivity contribution in [2.45, 2.75) is 38.8 Å². The van der Waals surface area contributed by atoms with Crippen LogP contribution >= 0.6 is 15.6 Å². The first-order valence-corrected chi connectivity index (χ1v) is 9.67. The van der Waals surface area contributed by atoms with Crippen molar-refractivity contribution >= 4 is 15.6 Å². The minimum absolute atomic E-state index is 0.123. The first-order valence-electron chi connectivity index (χ1n) is 6.35. The van der Waals surface area contributed by atoms with Crippen LogP contribution in [0.5, 0.6) is 0 Å². The van der Waals surface area contributed by atoms with Gasteiger partial charge in [-0.2, -0.15) is 0 Å². The molecule has 0 aliphatic carbocycles. The first-order chi connectivity index (χ1) is 8.78. The topological polar surface area (TPSA) is 107 Å². The Labute approximate surface area is 115 Å². The van der Waals surface area contributed by atoms with E-state index < -0.39 is 27.8 Å². The molecule has 7 nitrogen and oxygen atoms in total. The zero-order valence-corrected chi connectivity index (χ0v) is 13.4. The molecular weight excluding hydrogens is 292 g/mol. The molecule has 0 saturated heterocycles. The van der Waals surface area contributed by atoms with Gasteiger partial charge >= 0.3 is 7.60 Å². The van der Waals surface area contributed by atoms with E-state index >= 15 is 0 Å². The Kier molecular flexibility index (Phi) is 10.2. The Hall–Kier alpha value is 0.260. The second-order valence-corrected chi connectivity index (χ2v) is 8.07. The van der Waals surface area contributed by atoms with Crippen LogP contribution in [0.25, 0.3) is 0 Å². The monoisotopic (exact) mass is 317 g/mol. The van der Waals surface area contributed by atoms with Crippen molar-refractivity contribution in [2.75, 3.05) is 26.1 Å². The van der Waals surface area contributed by atoms with Crippen molar-refractivity contribution in [3.8, 4) is 0 Å². The van der Waals surface area contributed by atoms with E-state index in [1.807, 2.05) is 0 Å². The average molecular weight is 317 g/mol. The van der Waals surface area contributed by atoms with Gasteiger partial charge in [0, 0.05) is 13.0 Å². The van der Waals surface area contributed by atoms with Crippen LogP contribution in [0.1, 0.15) is 32.6 Å². The molecule has 0 aromatic rings. The van der Waals surface area contributed by atoms with Gasteiger partial charge in [0.15, 0.2) is 0 Å². The van der Waals surface area contributed by atoms with Crippen LogP contribution in [0.3, 0.4) is 0 Å². The summed E-state index contributed by atoms with van der Waals surface area (Å²) in [6.07, 6.45) is 2.60. The smallest absolute Gasteiger partial charge is 0.337 e. The largest absolute Gasteiger partial charge is 0.378 e. The van der Waals surface area contributed by atoms with Gasteiger partial charge in [-0.25, -0.2) is 0 Å². The van der Waals surface area contributed by atoms with Gasteiger partial charge in [0.1, 0.15) is 12.1 Å². The van der Waals surface area contributed by atoms with Crippen LogP contribution in [-0.2, 0) is 13.7 Å². The number of hydrogen-bond acceptors (Lipinski definition) is 5. The van der Waals surface area contributed by atoms with Crippen LogP contribution in [0.15, 0.2) is 0 Å². The number of aliphatic hydroxyl groups is 1. The minimum atomic E-state index is -4.01. The third kappa shape index (κ3) is 10.7. The molecule has 0 aromatic carbocycles. The van der Waals surface area contributed by atoms with Crippen molar-refractivity contribution in [3.63, 3.8) is 0 Å². The quantitative estimate of drug-likeness (QED) is 0.301. The van der Waals surface area contributed by atoms with Gasteiger partial charge in [0.25, 0.3) is 0 Å². The lowest BCUT2D eigenvalue weighted by Gasteiger charge is -2.23. The molecule has 19 heavy (non-hydrogen) atoms. The molecule has 116 valence electrons. The van der Waals surface area contributed by atoms with Crippen molar-refractivity contribution in [1.29, 1.82) is 0 Å². The molecule has 0 rings (SSSR count). The molecular formula is C10H25NO6P2. The summed E-state index contributed by atoms with van der Waals surface area (Å²) in [5.41, 5.74) is 0. The number of unbranched alkanes of at least 4 members (excludes halogenated alkanes) is 2. The Morgan fingerprint density at radius 3 is 2.58 bits per heavy atom. The second kappa shape index (κ2) is 10.1. The van der Waals surface area contributed by atoms with Gasteiger partial charge in [-0.15, -0.1) is 0 Å². The summed E-state index contributed by atoms with van der Waals surface area (Å²) in [4.78, 5) is 19.5. The lowest BCUT2D eigenvalue weighted by Crippen LogP contribution is -2.33. The van der Waals surface area contributed by atoms with Gasteiger partial charge in [-0.3, -0.25) is 14.0 Å². The molecule has 0 fully saturated rings. The maximum absolute atomic E-state index is 11.3. The van der Waals surface area contributed by atoms with Gasteiger partial charge in [0.2, 0.25) is 8.03 Å². The normalized spacial score (nSPS) is 18.2. The van der Waals surface area contributed by atoms with Crippen LogP contribution in [0.2, 0.25) is 0 Å². The summed E-state index contributed by atoms with van der Waals surface area (Å²) in [6, 6.07) is 0. The molecule has 0 radical (unpaired) electrons. The zero-order valence-electron chi connectivity index (χ0n) is 11.5. The molecule has 0 aromatic heterocycles. The van der Waals surface area contributed by atoms with Gasteiger partial charge < -0.3 is 19.4 Å². The molecule has 0 bridgehead atoms. The van der Waals surface area contributed by atoms with Crippen LogP contribution < -0.4 is 0 Å². The van der Waals surface area contributed by atoms with Crippen molar-refractivity contribution in [2.24, 2.45) is 0 Å². The van der Waals surface area contributed by atoms with E-state index in [2.05, 4.69) is 11.4 Å². The van der Waals surface area contributed by atoms with E-state index in [-0.39, 0.29) is 13.0 Å². The standard InChI is InChI=1S/C10H25NO6P2/c1-3-4-5-7-11(2)10(12)6-8-17-19(15,16)9-18(13)14/h10,12,18H,3-9H2,1-2H3,(H,13,14)(H,15,16). The van der Waals surface area contributed by atoms with E-state index in [9.17, 15) is 19.1 Å². The highest BCUT2D eigenvalue weighted by Gasteiger charge is 2.22. The number of aliphatic hydroxyl groups excluding tert-OH is 1. The summed E-state index contributed by atoms with van der Waals surface area (Å²) in [5.74, 6) is -0.736. The summed E-state index contributed by atoms with van der Waals surface area (Å²) >= 11 is 0. The van der Waals surface area contributed by atoms with Gasteiger partial charge in [-0.05, 0) is 13.5 Å². The third-order valence-corrected chi connectivity index (χ3v) is 5.89. The third-order valence-electron chi connectivity index (χ3n) is 2.63. The fraction of sp³-hybridized carbons (Fsp3) is 1.00. The van der Waals surface area contributed by atoms with E-state index in [0.717, 1.165) is 25.8 Å². The van der Waals surface area contributed by atoms with E-state index in [1.54, 1.807) is 11.9 Å². The van der Waals surface area contributed by atoms with Crippen molar-refractivity contribution in [3.05, 3.63) is 0 Å². The van der Waals surface area contributed by atoms with Crippen LogP contribution in [-0.4, -0.2) is 52.1 Å². The minimum Gasteiger partial charge on any atom is -0.378 e. The summed E-state index contributed by atoms with van der Waals surface area (Å²) in [7, 11) is -5.27. The number of rotatable bonds is 11. The zero-order chi connectivity index (χ0) is 14.9. The molecule has 3 unspecified atom stereocenters. The van der Waals surface area contributed by atoms with Crippen molar-refractivity contribution in [1.82, 2.24) is 4.90 Å². The Bertz CT molecular complexity index is 314. The molecule has 3 N–H and O–H groups in total. The maximum Gasteiger partial charge on any atom is 0.337 e. The Morgan fingerprint density at radius 2 is 2.05 bits per heavy atom. The predicted molar refractivity (Wildman–Crippen MR) is 74.6 cm³/mol. The molecule has 3 atom stereocenters. The highest BCUT2D eigenvalue weighted by Crippen LogP contribution is 2.48. The highest BCUT2D eigenvalue weighted by molar-refractivity contribution is 7.64. The molecule has 0 amide bonds. The number of nitrogens with zero attached hydrogens (tertiary/aromatic N) is 1. The Balaban J connectivity index is 3.86. The molecule has 0 spiro atoms. The first kappa shape index (κ1) is 19.3. The maximum atomic E-state index is 11.3. The molecule has 0 aliphatic heterocycles. The average Bonchev–Trinajstić information content (AvgIpc) is 2.26. The molecule has 0 heterocycles. The van der Waals surface area contributed by atoms with E-state index in [1.165, 1.54) is 0 Å². The van der Waals surface area contributed by atoms with Crippen LogP contribution in [0, 0.1) is 0 Å². The van der Waals surface area contributed by atoms with Gasteiger partial charge in [-0.1, -0.05) is 19.8 Å². The van der Waals surface area contributed by atoms with Gasteiger partial charge in [0.05, 0.1) is 6.61 Å². The summed E-state index contributed by atoms with van der Waals surface area (Å²) in [6.45, 7) is 2.72. The molecule has 0 saturated carbocycles. The van der Waals surface area contributed by atoms with E-state index in [0.29, 0.717) is 0 Å². The van der Waals surface area contributed by atoms with Crippen molar-refractivity contribution < 1.29 is 28.5 Å². The summed E-state index contributed by atoms with van der Waals surface area (Å²) in [5, 5.41) is 9.77. The fourth-order valence-corrected chi connectivity index (χ4v) is 3.62. The van der Waals surface area contributed by atoms with E-state index in [4.69, 9.17) is 4.89 Å². The Morgan fingerprint density at radius 1 is 1.42 bits per heavy atom.